The lowest BCUT2D eigenvalue weighted by atomic mass is 10.0. The number of aryl methyl sites for hydroxylation is 1. The van der Waals surface area contributed by atoms with E-state index in [2.05, 4.69) is 10.6 Å². The Labute approximate surface area is 180 Å². The van der Waals surface area contributed by atoms with Gasteiger partial charge in [-0.1, -0.05) is 42.5 Å². The Morgan fingerprint density at radius 1 is 0.806 bits per heavy atom. The lowest BCUT2D eigenvalue weighted by molar-refractivity contribution is -0.120. The highest BCUT2D eigenvalue weighted by molar-refractivity contribution is 6.46. The highest BCUT2D eigenvalue weighted by Gasteiger charge is 2.40. The first kappa shape index (κ1) is 20.1. The van der Waals surface area contributed by atoms with E-state index in [9.17, 15) is 14.4 Å². The lowest BCUT2D eigenvalue weighted by Crippen LogP contribution is -2.32. The molecule has 0 spiro atoms. The second-order valence-electron chi connectivity index (χ2n) is 7.28. The largest absolute Gasteiger partial charge is 0.350 e. The average Bonchev–Trinajstić information content (AvgIpc) is 2.98. The molecular weight excluding hydrogens is 390 g/mol. The number of amides is 3. The van der Waals surface area contributed by atoms with Gasteiger partial charge in [-0.25, -0.2) is 4.90 Å². The molecule has 0 aliphatic carbocycles. The van der Waals surface area contributed by atoms with Gasteiger partial charge in [0.05, 0.1) is 11.3 Å². The molecule has 1 aliphatic heterocycles. The highest BCUT2D eigenvalue weighted by Crippen LogP contribution is 2.34. The van der Waals surface area contributed by atoms with Gasteiger partial charge in [0.1, 0.15) is 5.70 Å². The predicted octanol–water partition coefficient (Wildman–Crippen LogP) is 4.35. The van der Waals surface area contributed by atoms with E-state index in [1.165, 1.54) is 6.92 Å². The van der Waals surface area contributed by atoms with Crippen LogP contribution in [-0.2, 0) is 14.4 Å². The van der Waals surface area contributed by atoms with Crippen molar-refractivity contribution in [2.75, 3.05) is 15.5 Å². The Kier molecular flexibility index (Phi) is 5.37. The third-order valence-electron chi connectivity index (χ3n) is 4.88. The molecular formula is C25H21N3O3. The summed E-state index contributed by atoms with van der Waals surface area (Å²) >= 11 is 0. The molecule has 31 heavy (non-hydrogen) atoms. The van der Waals surface area contributed by atoms with Crippen molar-refractivity contribution in [1.29, 1.82) is 0 Å². The van der Waals surface area contributed by atoms with E-state index < -0.39 is 11.8 Å². The first-order chi connectivity index (χ1) is 14.9. The van der Waals surface area contributed by atoms with E-state index in [0.717, 1.165) is 16.2 Å². The Morgan fingerprint density at radius 2 is 1.52 bits per heavy atom. The first-order valence-electron chi connectivity index (χ1n) is 9.84. The van der Waals surface area contributed by atoms with Crippen molar-refractivity contribution in [2.24, 2.45) is 0 Å². The molecule has 0 atom stereocenters. The van der Waals surface area contributed by atoms with Crippen LogP contribution < -0.4 is 15.5 Å². The fraction of sp³-hybridized carbons (Fsp3) is 0.0800. The molecule has 2 N–H and O–H groups in total. The number of carbonyl (C=O) groups is 3. The fourth-order valence-corrected chi connectivity index (χ4v) is 3.52. The standard InChI is InChI=1S/C25H21N3O3/c1-16-7-6-10-20(15-16)27-23-22(18-8-4-3-5-9-18)24(30)28(25(23)31)21-13-11-19(12-14-21)26-17(2)29/h3-15,27H,1-2H3,(H,26,29). The van der Waals surface area contributed by atoms with E-state index in [4.69, 9.17) is 0 Å². The highest BCUT2D eigenvalue weighted by atomic mass is 16.2. The van der Waals surface area contributed by atoms with Crippen LogP contribution in [0.4, 0.5) is 17.1 Å². The van der Waals surface area contributed by atoms with Crippen LogP contribution in [0.5, 0.6) is 0 Å². The molecule has 6 nitrogen and oxygen atoms in total. The molecule has 0 aromatic heterocycles. The molecule has 0 unspecified atom stereocenters. The van der Waals surface area contributed by atoms with Gasteiger partial charge < -0.3 is 10.6 Å². The third kappa shape index (κ3) is 4.09. The van der Waals surface area contributed by atoms with Crippen LogP contribution in [0.3, 0.4) is 0 Å². The van der Waals surface area contributed by atoms with Crippen LogP contribution in [0.2, 0.25) is 0 Å². The minimum atomic E-state index is -0.433. The van der Waals surface area contributed by atoms with Crippen LogP contribution in [0.15, 0.2) is 84.6 Å². The van der Waals surface area contributed by atoms with Crippen LogP contribution in [0, 0.1) is 6.92 Å². The number of hydrogen-bond acceptors (Lipinski definition) is 4. The molecule has 3 aromatic rings. The van der Waals surface area contributed by atoms with Gasteiger partial charge in [0.25, 0.3) is 11.8 Å². The summed E-state index contributed by atoms with van der Waals surface area (Å²) in [6.45, 7) is 3.38. The van der Waals surface area contributed by atoms with Gasteiger partial charge in [-0.3, -0.25) is 14.4 Å². The van der Waals surface area contributed by atoms with E-state index in [0.29, 0.717) is 22.5 Å². The molecule has 3 aromatic carbocycles. The Balaban J connectivity index is 1.74. The van der Waals surface area contributed by atoms with Crippen LogP contribution in [0.1, 0.15) is 18.1 Å². The van der Waals surface area contributed by atoms with Crippen LogP contribution in [-0.4, -0.2) is 17.7 Å². The summed E-state index contributed by atoms with van der Waals surface area (Å²) < 4.78 is 0. The molecule has 0 bridgehead atoms. The molecule has 6 heteroatoms. The number of benzene rings is 3. The van der Waals surface area contributed by atoms with Gasteiger partial charge in [0.2, 0.25) is 5.91 Å². The zero-order valence-corrected chi connectivity index (χ0v) is 17.2. The predicted molar refractivity (Wildman–Crippen MR) is 121 cm³/mol. The van der Waals surface area contributed by atoms with Crippen LogP contribution >= 0.6 is 0 Å². The Hall–Kier alpha value is -4.19. The number of anilines is 3. The van der Waals surface area contributed by atoms with Crippen molar-refractivity contribution in [3.05, 3.63) is 95.7 Å². The molecule has 0 saturated heterocycles. The van der Waals surface area contributed by atoms with Gasteiger partial charge in [0.15, 0.2) is 0 Å². The minimum Gasteiger partial charge on any atom is -0.350 e. The topological polar surface area (TPSA) is 78.5 Å². The number of nitrogens with one attached hydrogen (secondary N) is 2. The number of nitrogens with zero attached hydrogens (tertiary/aromatic N) is 1. The number of rotatable bonds is 5. The number of imide groups is 1. The second kappa shape index (κ2) is 8.28. The monoisotopic (exact) mass is 411 g/mol. The third-order valence-corrected chi connectivity index (χ3v) is 4.88. The first-order valence-corrected chi connectivity index (χ1v) is 9.84. The van der Waals surface area contributed by atoms with Gasteiger partial charge >= 0.3 is 0 Å². The quantitative estimate of drug-likeness (QED) is 0.612. The summed E-state index contributed by atoms with van der Waals surface area (Å²) in [6.07, 6.45) is 0. The maximum Gasteiger partial charge on any atom is 0.282 e. The molecule has 1 aliphatic rings. The SMILES string of the molecule is CC(=O)Nc1ccc(N2C(=O)C(Nc3cccc(C)c3)=C(c3ccccc3)C2=O)cc1. The van der Waals surface area contributed by atoms with Crippen molar-refractivity contribution in [3.8, 4) is 0 Å². The second-order valence-corrected chi connectivity index (χ2v) is 7.28. The summed E-state index contributed by atoms with van der Waals surface area (Å²) in [7, 11) is 0. The summed E-state index contributed by atoms with van der Waals surface area (Å²) in [5, 5.41) is 5.83. The summed E-state index contributed by atoms with van der Waals surface area (Å²) in [6, 6.07) is 23.3. The van der Waals surface area contributed by atoms with E-state index in [1.807, 2.05) is 61.5 Å². The van der Waals surface area contributed by atoms with Crippen molar-refractivity contribution < 1.29 is 14.4 Å². The van der Waals surface area contributed by atoms with Crippen molar-refractivity contribution >= 4 is 40.4 Å². The van der Waals surface area contributed by atoms with Gasteiger partial charge in [-0.15, -0.1) is 0 Å². The number of hydrogen-bond donors (Lipinski definition) is 2. The number of carbonyl (C=O) groups excluding carboxylic acids is 3. The Bertz CT molecular complexity index is 1200. The van der Waals surface area contributed by atoms with E-state index in [1.54, 1.807) is 24.3 Å². The maximum atomic E-state index is 13.4. The van der Waals surface area contributed by atoms with Crippen LogP contribution in [0.25, 0.3) is 5.57 Å². The molecule has 1 heterocycles. The van der Waals surface area contributed by atoms with Crippen molar-refractivity contribution in [3.63, 3.8) is 0 Å². The average molecular weight is 411 g/mol. The Morgan fingerprint density at radius 3 is 2.16 bits per heavy atom. The molecule has 154 valence electrons. The van der Waals surface area contributed by atoms with Crippen molar-refractivity contribution in [1.82, 2.24) is 0 Å². The molecule has 0 saturated carbocycles. The summed E-state index contributed by atoms with van der Waals surface area (Å²) in [4.78, 5) is 39.2. The fourth-order valence-electron chi connectivity index (χ4n) is 3.52. The zero-order valence-electron chi connectivity index (χ0n) is 17.2. The van der Waals surface area contributed by atoms with Gasteiger partial charge in [-0.2, -0.15) is 0 Å². The smallest absolute Gasteiger partial charge is 0.282 e. The molecule has 0 fully saturated rings. The van der Waals surface area contributed by atoms with Gasteiger partial charge in [-0.05, 0) is 54.4 Å². The van der Waals surface area contributed by atoms with Gasteiger partial charge in [0, 0.05) is 18.3 Å². The maximum absolute atomic E-state index is 13.4. The molecule has 0 radical (unpaired) electrons. The van der Waals surface area contributed by atoms with E-state index >= 15 is 0 Å². The van der Waals surface area contributed by atoms with E-state index in [-0.39, 0.29) is 11.6 Å². The van der Waals surface area contributed by atoms with Crippen molar-refractivity contribution in [2.45, 2.75) is 13.8 Å². The molecule has 3 amide bonds. The lowest BCUT2D eigenvalue weighted by Gasteiger charge is -2.16. The normalized spacial score (nSPS) is 13.5. The zero-order chi connectivity index (χ0) is 22.0. The minimum absolute atomic E-state index is 0.196. The summed E-state index contributed by atoms with van der Waals surface area (Å²) in [5.74, 6) is -1.03. The molecule has 4 rings (SSSR count). The summed E-state index contributed by atoms with van der Waals surface area (Å²) in [5.41, 5.74) is 3.99.